The molecule has 7 heteroatoms. The molecule has 0 aliphatic carbocycles. The van der Waals surface area contributed by atoms with Gasteiger partial charge in [-0.1, -0.05) is 6.07 Å². The number of methoxy groups -OCH3 is 1. The number of hydrogen-bond donors (Lipinski definition) is 2. The number of likely N-dealkylation sites (tertiary alicyclic amines) is 1. The molecule has 23 heavy (non-hydrogen) atoms. The van der Waals surface area contributed by atoms with E-state index < -0.39 is 0 Å². The van der Waals surface area contributed by atoms with Crippen molar-refractivity contribution in [3.63, 3.8) is 0 Å². The lowest BCUT2D eigenvalue weighted by Crippen LogP contribution is -2.45. The van der Waals surface area contributed by atoms with Crippen LogP contribution in [0.1, 0.15) is 23.8 Å². The SMILES string of the molecule is CN=C(NCCOC)NCC1CCCN(C)C1c1cccs1.I. The number of halogens is 1. The monoisotopic (exact) mass is 452 g/mol. The Kier molecular flexibility index (Phi) is 10.1. The maximum atomic E-state index is 5.06. The molecule has 1 aromatic rings. The smallest absolute Gasteiger partial charge is 0.191 e. The first-order valence-electron chi connectivity index (χ1n) is 7.93. The van der Waals surface area contributed by atoms with Gasteiger partial charge in [-0.2, -0.15) is 0 Å². The molecule has 0 amide bonds. The van der Waals surface area contributed by atoms with Gasteiger partial charge in [0.1, 0.15) is 0 Å². The van der Waals surface area contributed by atoms with Crippen LogP contribution in [0.25, 0.3) is 0 Å². The Morgan fingerprint density at radius 3 is 2.96 bits per heavy atom. The van der Waals surface area contributed by atoms with Crippen molar-refractivity contribution in [2.45, 2.75) is 18.9 Å². The van der Waals surface area contributed by atoms with Crippen LogP contribution in [0.2, 0.25) is 0 Å². The Labute approximate surface area is 160 Å². The first-order chi connectivity index (χ1) is 10.8. The lowest BCUT2D eigenvalue weighted by atomic mass is 9.88. The van der Waals surface area contributed by atoms with E-state index in [0.29, 0.717) is 18.6 Å². The maximum Gasteiger partial charge on any atom is 0.191 e. The van der Waals surface area contributed by atoms with Crippen LogP contribution in [0.5, 0.6) is 0 Å². The highest BCUT2D eigenvalue weighted by Gasteiger charge is 2.31. The highest BCUT2D eigenvalue weighted by Crippen LogP contribution is 2.36. The molecule has 0 saturated carbocycles. The van der Waals surface area contributed by atoms with Crippen molar-refractivity contribution < 1.29 is 4.74 Å². The van der Waals surface area contributed by atoms with Gasteiger partial charge in [0.2, 0.25) is 0 Å². The number of piperidine rings is 1. The summed E-state index contributed by atoms with van der Waals surface area (Å²) >= 11 is 1.86. The predicted molar refractivity (Wildman–Crippen MR) is 109 cm³/mol. The molecule has 1 saturated heterocycles. The zero-order valence-electron chi connectivity index (χ0n) is 14.2. The molecule has 132 valence electrons. The van der Waals surface area contributed by atoms with E-state index in [4.69, 9.17) is 4.74 Å². The van der Waals surface area contributed by atoms with Crippen LogP contribution < -0.4 is 10.6 Å². The molecule has 2 rings (SSSR count). The molecular formula is C16H29IN4OS. The van der Waals surface area contributed by atoms with Crippen molar-refractivity contribution >= 4 is 41.3 Å². The minimum absolute atomic E-state index is 0. The average molecular weight is 452 g/mol. The number of nitrogens with one attached hydrogen (secondary N) is 2. The van der Waals surface area contributed by atoms with Crippen LogP contribution in [0.4, 0.5) is 0 Å². The molecule has 5 nitrogen and oxygen atoms in total. The van der Waals surface area contributed by atoms with Gasteiger partial charge in [0.25, 0.3) is 0 Å². The molecule has 2 N–H and O–H groups in total. The zero-order valence-corrected chi connectivity index (χ0v) is 17.4. The second-order valence-corrected chi connectivity index (χ2v) is 6.70. The molecule has 0 bridgehead atoms. The van der Waals surface area contributed by atoms with E-state index >= 15 is 0 Å². The van der Waals surface area contributed by atoms with Crippen LogP contribution in [-0.4, -0.2) is 58.3 Å². The Bertz CT molecular complexity index is 455. The van der Waals surface area contributed by atoms with E-state index in [-0.39, 0.29) is 24.0 Å². The lowest BCUT2D eigenvalue weighted by Gasteiger charge is -2.39. The number of ether oxygens (including phenoxy) is 1. The largest absolute Gasteiger partial charge is 0.383 e. The van der Waals surface area contributed by atoms with E-state index in [2.05, 4.69) is 45.1 Å². The molecule has 2 unspecified atom stereocenters. The van der Waals surface area contributed by atoms with Crippen molar-refractivity contribution in [1.29, 1.82) is 0 Å². The van der Waals surface area contributed by atoms with Gasteiger partial charge < -0.3 is 15.4 Å². The van der Waals surface area contributed by atoms with E-state index in [9.17, 15) is 0 Å². The summed E-state index contributed by atoms with van der Waals surface area (Å²) in [5.41, 5.74) is 0. The van der Waals surface area contributed by atoms with Gasteiger partial charge in [-0.05, 0) is 43.8 Å². The summed E-state index contributed by atoms with van der Waals surface area (Å²) in [6, 6.07) is 4.92. The van der Waals surface area contributed by atoms with Crippen LogP contribution >= 0.6 is 35.3 Å². The second kappa shape index (κ2) is 11.2. The molecule has 2 heterocycles. The molecule has 1 aromatic heterocycles. The molecule has 1 aliphatic rings. The van der Waals surface area contributed by atoms with E-state index in [0.717, 1.165) is 19.0 Å². The molecule has 0 radical (unpaired) electrons. The van der Waals surface area contributed by atoms with Crippen LogP contribution in [-0.2, 0) is 4.74 Å². The number of aliphatic imine (C=N–C) groups is 1. The van der Waals surface area contributed by atoms with Gasteiger partial charge in [-0.15, -0.1) is 35.3 Å². The maximum absolute atomic E-state index is 5.06. The summed E-state index contributed by atoms with van der Waals surface area (Å²) in [6.45, 7) is 3.58. The van der Waals surface area contributed by atoms with Gasteiger partial charge >= 0.3 is 0 Å². The molecule has 1 fully saturated rings. The van der Waals surface area contributed by atoms with Crippen LogP contribution in [0.3, 0.4) is 0 Å². The fourth-order valence-corrected chi connectivity index (χ4v) is 4.09. The van der Waals surface area contributed by atoms with Crippen molar-refractivity contribution in [3.8, 4) is 0 Å². The van der Waals surface area contributed by atoms with E-state index in [1.165, 1.54) is 24.3 Å². The van der Waals surface area contributed by atoms with Gasteiger partial charge in [0.05, 0.1) is 6.61 Å². The summed E-state index contributed by atoms with van der Waals surface area (Å²) in [7, 11) is 5.76. The Balaban J connectivity index is 0.00000264. The van der Waals surface area contributed by atoms with E-state index in [1.54, 1.807) is 7.11 Å². The summed E-state index contributed by atoms with van der Waals surface area (Å²) in [6.07, 6.45) is 2.52. The van der Waals surface area contributed by atoms with Crippen LogP contribution in [0.15, 0.2) is 22.5 Å². The number of nitrogens with zero attached hydrogens (tertiary/aromatic N) is 2. The first-order valence-corrected chi connectivity index (χ1v) is 8.81. The number of thiophene rings is 1. The topological polar surface area (TPSA) is 48.9 Å². The Morgan fingerprint density at radius 2 is 2.30 bits per heavy atom. The van der Waals surface area contributed by atoms with Gasteiger partial charge in [0, 0.05) is 38.2 Å². The van der Waals surface area contributed by atoms with E-state index in [1.807, 2.05) is 18.4 Å². The predicted octanol–water partition coefficient (Wildman–Crippen LogP) is 2.56. The zero-order chi connectivity index (χ0) is 15.8. The fourth-order valence-electron chi connectivity index (χ4n) is 3.10. The Morgan fingerprint density at radius 1 is 1.48 bits per heavy atom. The summed E-state index contributed by atoms with van der Waals surface area (Å²) in [4.78, 5) is 8.24. The van der Waals surface area contributed by atoms with Gasteiger partial charge in [-0.25, -0.2) is 0 Å². The van der Waals surface area contributed by atoms with Crippen molar-refractivity contribution in [3.05, 3.63) is 22.4 Å². The van der Waals surface area contributed by atoms with Gasteiger partial charge in [-0.3, -0.25) is 9.89 Å². The van der Waals surface area contributed by atoms with Crippen LogP contribution in [0, 0.1) is 5.92 Å². The second-order valence-electron chi connectivity index (χ2n) is 5.72. The highest BCUT2D eigenvalue weighted by atomic mass is 127. The minimum atomic E-state index is 0. The standard InChI is InChI=1S/C16H28N4OS.HI/c1-17-16(18-8-10-21-3)19-12-13-6-4-9-20(2)15(13)14-7-5-11-22-14;/h5,7,11,13,15H,4,6,8-10,12H2,1-3H3,(H2,17,18,19);1H. The third-order valence-electron chi connectivity index (χ3n) is 4.20. The van der Waals surface area contributed by atoms with Crippen molar-refractivity contribution in [2.24, 2.45) is 10.9 Å². The molecule has 2 atom stereocenters. The first kappa shape index (κ1) is 20.7. The molecule has 0 aromatic carbocycles. The average Bonchev–Trinajstić information content (AvgIpc) is 3.04. The summed E-state index contributed by atoms with van der Waals surface area (Å²) in [5.74, 6) is 1.47. The fraction of sp³-hybridized carbons (Fsp3) is 0.688. The van der Waals surface area contributed by atoms with Crippen molar-refractivity contribution in [2.75, 3.05) is 47.4 Å². The molecule has 1 aliphatic heterocycles. The number of guanidine groups is 1. The quantitative estimate of drug-likeness (QED) is 0.302. The third-order valence-corrected chi connectivity index (χ3v) is 5.14. The highest BCUT2D eigenvalue weighted by molar-refractivity contribution is 14.0. The third kappa shape index (κ3) is 6.21. The normalized spacial score (nSPS) is 22.5. The van der Waals surface area contributed by atoms with Gasteiger partial charge in [0.15, 0.2) is 5.96 Å². The summed E-state index contributed by atoms with van der Waals surface area (Å²) in [5, 5.41) is 8.92. The summed E-state index contributed by atoms with van der Waals surface area (Å²) < 4.78 is 5.06. The Hall–Kier alpha value is -0.380. The lowest BCUT2D eigenvalue weighted by molar-refractivity contribution is 0.125. The molecular weight excluding hydrogens is 423 g/mol. The molecule has 0 spiro atoms. The minimum Gasteiger partial charge on any atom is -0.383 e. The number of hydrogen-bond acceptors (Lipinski definition) is 4. The number of rotatable bonds is 6. The van der Waals surface area contributed by atoms with Crippen molar-refractivity contribution in [1.82, 2.24) is 15.5 Å².